The van der Waals surface area contributed by atoms with Gasteiger partial charge in [0, 0.05) is 30.6 Å². The van der Waals surface area contributed by atoms with Crippen LogP contribution in [0.4, 0.5) is 11.8 Å². The molecule has 2 N–H and O–H groups in total. The summed E-state index contributed by atoms with van der Waals surface area (Å²) in [5, 5.41) is 0. The van der Waals surface area contributed by atoms with E-state index >= 15 is 0 Å². The average Bonchev–Trinajstić information content (AvgIpc) is 3.17. The minimum absolute atomic E-state index is 0.308. The molecule has 4 rings (SSSR count). The van der Waals surface area contributed by atoms with Gasteiger partial charge in [-0.15, -0.1) is 0 Å². The number of nitrogen functional groups attached to an aromatic ring is 1. The van der Waals surface area contributed by atoms with Crippen molar-refractivity contribution >= 4 is 11.8 Å². The van der Waals surface area contributed by atoms with Crippen molar-refractivity contribution in [1.29, 1.82) is 0 Å². The molecule has 1 atom stereocenters. The van der Waals surface area contributed by atoms with Gasteiger partial charge in [-0.1, -0.05) is 12.8 Å². The largest absolute Gasteiger partial charge is 0.368 e. The van der Waals surface area contributed by atoms with Crippen molar-refractivity contribution in [3.8, 4) is 0 Å². The predicted molar refractivity (Wildman–Crippen MR) is 98.4 cm³/mol. The number of nitrogens with zero attached hydrogens (tertiary/aromatic N) is 4. The van der Waals surface area contributed by atoms with Crippen molar-refractivity contribution < 1.29 is 0 Å². The Morgan fingerprint density at radius 2 is 1.92 bits per heavy atom. The van der Waals surface area contributed by atoms with Gasteiger partial charge in [0.05, 0.1) is 5.69 Å². The maximum atomic E-state index is 6.16. The highest BCUT2D eigenvalue weighted by molar-refractivity contribution is 5.55. The van der Waals surface area contributed by atoms with Crippen LogP contribution in [0.3, 0.4) is 0 Å². The summed E-state index contributed by atoms with van der Waals surface area (Å²) in [6.07, 6.45) is 10.2. The van der Waals surface area contributed by atoms with E-state index in [9.17, 15) is 0 Å². The third-order valence-electron chi connectivity index (χ3n) is 6.36. The fourth-order valence-corrected chi connectivity index (χ4v) is 5.37. The topological polar surface area (TPSA) is 58.3 Å². The van der Waals surface area contributed by atoms with Crippen LogP contribution in [0.2, 0.25) is 0 Å². The summed E-state index contributed by atoms with van der Waals surface area (Å²) in [7, 11) is 4.33. The van der Waals surface area contributed by atoms with Crippen LogP contribution in [0, 0.1) is 5.92 Å². The summed E-state index contributed by atoms with van der Waals surface area (Å²) in [5.74, 6) is 2.37. The first kappa shape index (κ1) is 16.1. The molecule has 0 bridgehead atoms. The van der Waals surface area contributed by atoms with Crippen LogP contribution in [0.5, 0.6) is 0 Å². The Morgan fingerprint density at radius 1 is 1.17 bits per heavy atom. The van der Waals surface area contributed by atoms with Crippen LogP contribution < -0.4 is 10.6 Å². The second kappa shape index (κ2) is 6.17. The van der Waals surface area contributed by atoms with Crippen molar-refractivity contribution in [3.05, 3.63) is 11.3 Å². The SMILES string of the molecule is CN(C)C[C@@H]1CCN(c2nc(N)nc3c2CCCC32CCCC2)C1. The van der Waals surface area contributed by atoms with Crippen LogP contribution in [-0.2, 0) is 11.8 Å². The number of anilines is 2. The lowest BCUT2D eigenvalue weighted by molar-refractivity contribution is 0.340. The van der Waals surface area contributed by atoms with Crippen molar-refractivity contribution in [2.75, 3.05) is 44.4 Å². The van der Waals surface area contributed by atoms with E-state index < -0.39 is 0 Å². The second-order valence-corrected chi connectivity index (χ2v) is 8.44. The van der Waals surface area contributed by atoms with Gasteiger partial charge in [-0.25, -0.2) is 4.98 Å². The predicted octanol–water partition coefficient (Wildman–Crippen LogP) is 2.59. The molecule has 2 aliphatic carbocycles. The molecule has 2 heterocycles. The Balaban J connectivity index is 1.66. The van der Waals surface area contributed by atoms with Crippen LogP contribution in [-0.4, -0.2) is 48.6 Å². The normalized spacial score (nSPS) is 25.6. The van der Waals surface area contributed by atoms with E-state index in [1.807, 2.05) is 0 Å². The third kappa shape index (κ3) is 2.77. The molecule has 0 aromatic carbocycles. The molecule has 2 fully saturated rings. The van der Waals surface area contributed by atoms with E-state index in [1.165, 1.54) is 56.2 Å². The first-order chi connectivity index (χ1) is 11.6. The summed E-state index contributed by atoms with van der Waals surface area (Å²) < 4.78 is 0. The summed E-state index contributed by atoms with van der Waals surface area (Å²) in [5.41, 5.74) is 9.20. The molecule has 24 heavy (non-hydrogen) atoms. The quantitative estimate of drug-likeness (QED) is 0.924. The van der Waals surface area contributed by atoms with Gasteiger partial charge >= 0.3 is 0 Å². The van der Waals surface area contributed by atoms with Crippen molar-refractivity contribution in [3.63, 3.8) is 0 Å². The van der Waals surface area contributed by atoms with Gasteiger partial charge in [-0.2, -0.15) is 4.98 Å². The molecule has 1 spiro atoms. The maximum absolute atomic E-state index is 6.16. The lowest BCUT2D eigenvalue weighted by atomic mass is 9.71. The lowest BCUT2D eigenvalue weighted by Gasteiger charge is -2.36. The first-order valence-corrected chi connectivity index (χ1v) is 9.64. The Bertz CT molecular complexity index is 606. The van der Waals surface area contributed by atoms with E-state index in [-0.39, 0.29) is 0 Å². The van der Waals surface area contributed by atoms with Crippen LogP contribution >= 0.6 is 0 Å². The molecule has 1 saturated carbocycles. The number of nitrogens with two attached hydrogens (primary N) is 1. The average molecular weight is 329 g/mol. The van der Waals surface area contributed by atoms with Crippen LogP contribution in [0.15, 0.2) is 0 Å². The molecule has 5 nitrogen and oxygen atoms in total. The molecule has 0 radical (unpaired) electrons. The highest BCUT2D eigenvalue weighted by Gasteiger charge is 2.42. The Morgan fingerprint density at radius 3 is 2.67 bits per heavy atom. The summed E-state index contributed by atoms with van der Waals surface area (Å²) in [4.78, 5) is 14.3. The van der Waals surface area contributed by atoms with Crippen molar-refractivity contribution in [2.24, 2.45) is 5.92 Å². The fraction of sp³-hybridized carbons (Fsp3) is 0.789. The number of rotatable bonds is 3. The van der Waals surface area contributed by atoms with Gasteiger partial charge in [0.15, 0.2) is 0 Å². The van der Waals surface area contributed by atoms with Gasteiger partial charge < -0.3 is 15.5 Å². The van der Waals surface area contributed by atoms with Gasteiger partial charge in [0.25, 0.3) is 0 Å². The smallest absolute Gasteiger partial charge is 0.222 e. The Labute approximate surface area is 145 Å². The number of hydrogen-bond donors (Lipinski definition) is 1. The number of aromatic nitrogens is 2. The van der Waals surface area contributed by atoms with Gasteiger partial charge in [-0.3, -0.25) is 0 Å². The monoisotopic (exact) mass is 329 g/mol. The van der Waals surface area contributed by atoms with E-state index in [1.54, 1.807) is 0 Å². The maximum Gasteiger partial charge on any atom is 0.222 e. The van der Waals surface area contributed by atoms with Gasteiger partial charge in [0.1, 0.15) is 5.82 Å². The molecule has 1 aliphatic heterocycles. The lowest BCUT2D eigenvalue weighted by Crippen LogP contribution is -2.33. The second-order valence-electron chi connectivity index (χ2n) is 8.44. The molecule has 1 saturated heterocycles. The zero-order valence-electron chi connectivity index (χ0n) is 15.2. The molecule has 1 aromatic rings. The van der Waals surface area contributed by atoms with Crippen molar-refractivity contribution in [1.82, 2.24) is 14.9 Å². The van der Waals surface area contributed by atoms with E-state index in [4.69, 9.17) is 15.7 Å². The fourth-order valence-electron chi connectivity index (χ4n) is 5.37. The minimum Gasteiger partial charge on any atom is -0.368 e. The third-order valence-corrected chi connectivity index (χ3v) is 6.36. The molecular weight excluding hydrogens is 298 g/mol. The number of hydrogen-bond acceptors (Lipinski definition) is 5. The first-order valence-electron chi connectivity index (χ1n) is 9.64. The van der Waals surface area contributed by atoms with E-state index in [2.05, 4.69) is 23.9 Å². The van der Waals surface area contributed by atoms with Gasteiger partial charge in [0.2, 0.25) is 5.95 Å². The summed E-state index contributed by atoms with van der Waals surface area (Å²) in [6, 6.07) is 0. The zero-order valence-corrected chi connectivity index (χ0v) is 15.2. The molecule has 0 unspecified atom stereocenters. The zero-order chi connectivity index (χ0) is 16.7. The summed E-state index contributed by atoms with van der Waals surface area (Å²) in [6.45, 7) is 3.37. The summed E-state index contributed by atoms with van der Waals surface area (Å²) >= 11 is 0. The molecular formula is C19H31N5. The van der Waals surface area contributed by atoms with Crippen LogP contribution in [0.25, 0.3) is 0 Å². The highest BCUT2D eigenvalue weighted by Crippen LogP contribution is 2.49. The van der Waals surface area contributed by atoms with Crippen LogP contribution in [0.1, 0.15) is 56.2 Å². The van der Waals surface area contributed by atoms with Crippen molar-refractivity contribution in [2.45, 2.75) is 56.8 Å². The molecule has 1 aromatic heterocycles. The standard InChI is InChI=1S/C19H31N5/c1-23(2)12-14-7-11-24(13-14)17-15-6-5-10-19(8-3-4-9-19)16(15)21-18(20)22-17/h14H,3-13H2,1-2H3,(H2,20,21,22)/t14-/m0/s1. The molecule has 3 aliphatic rings. The molecule has 132 valence electrons. The number of fused-ring (bicyclic) bond motifs is 2. The highest BCUT2D eigenvalue weighted by atomic mass is 15.2. The molecule has 0 amide bonds. The van der Waals surface area contributed by atoms with E-state index in [0.717, 1.165) is 37.8 Å². The van der Waals surface area contributed by atoms with Gasteiger partial charge in [-0.05, 0) is 58.5 Å². The van der Waals surface area contributed by atoms with E-state index in [0.29, 0.717) is 11.4 Å². The minimum atomic E-state index is 0.308. The Hall–Kier alpha value is -1.36. The Kier molecular flexibility index (Phi) is 4.15. The molecule has 5 heteroatoms.